The first kappa shape index (κ1) is 17.5. The van der Waals surface area contributed by atoms with Crippen molar-refractivity contribution >= 4 is 26.5 Å². The van der Waals surface area contributed by atoms with Gasteiger partial charge in [0.15, 0.2) is 10.0 Å². The molecule has 0 spiro atoms. The molecule has 0 amide bonds. The second-order valence-corrected chi connectivity index (χ2v) is 7.86. The maximum atomic E-state index is 13.0. The van der Waals surface area contributed by atoms with Gasteiger partial charge in [-0.1, -0.05) is 54.6 Å². The van der Waals surface area contributed by atoms with Crippen LogP contribution in [0.5, 0.6) is 0 Å². The van der Waals surface area contributed by atoms with E-state index in [1.54, 1.807) is 6.07 Å². The summed E-state index contributed by atoms with van der Waals surface area (Å²) in [4.78, 5) is 2.35. The molecule has 0 fully saturated rings. The smallest absolute Gasteiger partial charge is 0.192 e. The molecule has 0 aliphatic carbocycles. The molecule has 5 heteroatoms. The Labute approximate surface area is 149 Å². The SMILES string of the molecule is CC(N=S(=O)(O)c1cccc2c(N(C)C)cccc12)c1ccccc1. The van der Waals surface area contributed by atoms with E-state index in [-0.39, 0.29) is 6.04 Å². The van der Waals surface area contributed by atoms with Gasteiger partial charge >= 0.3 is 0 Å². The van der Waals surface area contributed by atoms with Crippen molar-refractivity contribution in [2.45, 2.75) is 17.9 Å². The molecule has 0 bridgehead atoms. The van der Waals surface area contributed by atoms with E-state index in [9.17, 15) is 8.76 Å². The first-order valence-electron chi connectivity index (χ1n) is 8.13. The Kier molecular flexibility index (Phi) is 4.79. The predicted molar refractivity (Wildman–Crippen MR) is 105 cm³/mol. The summed E-state index contributed by atoms with van der Waals surface area (Å²) < 4.78 is 28.0. The molecule has 0 saturated carbocycles. The summed E-state index contributed by atoms with van der Waals surface area (Å²) in [5, 5.41) is 1.69. The van der Waals surface area contributed by atoms with Gasteiger partial charge in [-0.05, 0) is 24.6 Å². The van der Waals surface area contributed by atoms with Crippen LogP contribution in [0, 0.1) is 0 Å². The molecule has 1 N–H and O–H groups in total. The Morgan fingerprint density at radius 1 is 0.920 bits per heavy atom. The van der Waals surface area contributed by atoms with Gasteiger partial charge < -0.3 is 4.90 Å². The Balaban J connectivity index is 2.16. The number of fused-ring (bicyclic) bond motifs is 1. The number of anilines is 1. The van der Waals surface area contributed by atoms with Crippen LogP contribution in [0.4, 0.5) is 5.69 Å². The third kappa shape index (κ3) is 3.52. The maximum absolute atomic E-state index is 13.0. The van der Waals surface area contributed by atoms with Crippen molar-refractivity contribution in [3.05, 3.63) is 72.3 Å². The molecule has 0 radical (unpaired) electrons. The van der Waals surface area contributed by atoms with Crippen molar-refractivity contribution in [3.63, 3.8) is 0 Å². The molecule has 25 heavy (non-hydrogen) atoms. The topological polar surface area (TPSA) is 52.9 Å². The fraction of sp³-hybridized carbons (Fsp3) is 0.200. The van der Waals surface area contributed by atoms with E-state index in [0.29, 0.717) is 4.90 Å². The van der Waals surface area contributed by atoms with Gasteiger partial charge in [0.05, 0.1) is 10.9 Å². The van der Waals surface area contributed by atoms with Gasteiger partial charge in [0.25, 0.3) is 0 Å². The molecular weight excluding hydrogens is 332 g/mol. The Hall–Kier alpha value is -2.37. The first-order chi connectivity index (χ1) is 11.9. The minimum absolute atomic E-state index is 0.358. The van der Waals surface area contributed by atoms with Gasteiger partial charge in [0.2, 0.25) is 0 Å². The van der Waals surface area contributed by atoms with Crippen LogP contribution in [0.3, 0.4) is 0 Å². The third-order valence-corrected chi connectivity index (χ3v) is 5.74. The monoisotopic (exact) mass is 354 g/mol. The van der Waals surface area contributed by atoms with Crippen molar-refractivity contribution < 1.29 is 8.76 Å². The zero-order valence-corrected chi connectivity index (χ0v) is 15.4. The largest absolute Gasteiger partial charge is 0.377 e. The van der Waals surface area contributed by atoms with E-state index in [1.165, 1.54) is 0 Å². The van der Waals surface area contributed by atoms with E-state index >= 15 is 0 Å². The van der Waals surface area contributed by atoms with Crippen LogP contribution in [0.25, 0.3) is 10.8 Å². The quantitative estimate of drug-likeness (QED) is 0.720. The van der Waals surface area contributed by atoms with Crippen molar-refractivity contribution in [1.82, 2.24) is 0 Å². The zero-order chi connectivity index (χ0) is 18.0. The van der Waals surface area contributed by atoms with Crippen LogP contribution in [0.15, 0.2) is 76.0 Å². The van der Waals surface area contributed by atoms with Crippen LogP contribution in [0.2, 0.25) is 0 Å². The lowest BCUT2D eigenvalue weighted by Crippen LogP contribution is -2.09. The van der Waals surface area contributed by atoms with E-state index in [4.69, 9.17) is 0 Å². The molecule has 0 aliphatic rings. The number of hydrogen-bond donors (Lipinski definition) is 1. The summed E-state index contributed by atoms with van der Waals surface area (Å²) >= 11 is 0. The highest BCUT2D eigenvalue weighted by Gasteiger charge is 2.16. The molecule has 3 aromatic carbocycles. The van der Waals surface area contributed by atoms with Crippen LogP contribution >= 0.6 is 0 Å². The van der Waals surface area contributed by atoms with Gasteiger partial charge in [-0.3, -0.25) is 4.55 Å². The summed E-state index contributed by atoms with van der Waals surface area (Å²) in [6, 6.07) is 20.4. The normalized spacial score (nSPS) is 14.7. The molecule has 4 nitrogen and oxygen atoms in total. The summed E-state index contributed by atoms with van der Waals surface area (Å²) in [6.45, 7) is 1.83. The Bertz CT molecular complexity index is 1010. The predicted octanol–water partition coefficient (Wildman–Crippen LogP) is 4.97. The lowest BCUT2D eigenvalue weighted by molar-refractivity contribution is 0.545. The molecule has 3 aromatic rings. The fourth-order valence-electron chi connectivity index (χ4n) is 2.95. The van der Waals surface area contributed by atoms with E-state index in [2.05, 4.69) is 4.36 Å². The second kappa shape index (κ2) is 6.86. The summed E-state index contributed by atoms with van der Waals surface area (Å²) in [5.74, 6) is 0. The van der Waals surface area contributed by atoms with Gasteiger partial charge in [-0.2, -0.15) is 0 Å². The molecular formula is C20H22N2O2S. The Morgan fingerprint density at radius 2 is 1.56 bits per heavy atom. The highest BCUT2D eigenvalue weighted by atomic mass is 32.2. The highest BCUT2D eigenvalue weighted by Crippen LogP contribution is 2.31. The van der Waals surface area contributed by atoms with Gasteiger partial charge in [0.1, 0.15) is 0 Å². The van der Waals surface area contributed by atoms with Crippen molar-refractivity contribution in [2.24, 2.45) is 4.36 Å². The average Bonchev–Trinajstić information content (AvgIpc) is 2.60. The number of rotatable bonds is 4. The molecule has 130 valence electrons. The molecule has 0 saturated heterocycles. The van der Waals surface area contributed by atoms with Crippen LogP contribution in [-0.4, -0.2) is 22.9 Å². The van der Waals surface area contributed by atoms with Gasteiger partial charge in [0, 0.05) is 30.6 Å². The first-order valence-corrected chi connectivity index (χ1v) is 9.60. The van der Waals surface area contributed by atoms with Crippen molar-refractivity contribution in [2.75, 3.05) is 19.0 Å². The van der Waals surface area contributed by atoms with Crippen LogP contribution < -0.4 is 4.90 Å². The second-order valence-electron chi connectivity index (χ2n) is 6.21. The molecule has 3 rings (SSSR count). The summed E-state index contributed by atoms with van der Waals surface area (Å²) in [6.07, 6.45) is 0. The average molecular weight is 354 g/mol. The molecule has 2 unspecified atom stereocenters. The zero-order valence-electron chi connectivity index (χ0n) is 14.6. The Morgan fingerprint density at radius 3 is 2.24 bits per heavy atom. The van der Waals surface area contributed by atoms with Crippen molar-refractivity contribution in [3.8, 4) is 0 Å². The molecule has 0 aromatic heterocycles. The van der Waals surface area contributed by atoms with E-state index in [1.807, 2.05) is 86.6 Å². The minimum Gasteiger partial charge on any atom is -0.377 e. The summed E-state index contributed by atoms with van der Waals surface area (Å²) in [7, 11) is 0.396. The molecule has 0 aliphatic heterocycles. The lowest BCUT2D eigenvalue weighted by atomic mass is 10.1. The van der Waals surface area contributed by atoms with Crippen molar-refractivity contribution in [1.29, 1.82) is 0 Å². The molecule has 2 atom stereocenters. The standard InChI is InChI=1S/C20H22N2O2S/c1-15(16-9-5-4-6-10-16)21-25(23,24)20-14-8-11-17-18(20)12-7-13-19(17)22(2)3/h4-15H,1-3H3,(H,21,23,24). The third-order valence-electron chi connectivity index (χ3n) is 4.21. The number of nitrogens with zero attached hydrogens (tertiary/aromatic N) is 2. The maximum Gasteiger partial charge on any atom is 0.192 e. The fourth-order valence-corrected chi connectivity index (χ4v) is 4.33. The minimum atomic E-state index is -3.52. The number of hydrogen-bond acceptors (Lipinski definition) is 3. The van der Waals surface area contributed by atoms with E-state index in [0.717, 1.165) is 22.0 Å². The lowest BCUT2D eigenvalue weighted by Gasteiger charge is -2.17. The highest BCUT2D eigenvalue weighted by molar-refractivity contribution is 7.88. The van der Waals surface area contributed by atoms with Crippen LogP contribution in [-0.2, 0) is 10.0 Å². The van der Waals surface area contributed by atoms with Gasteiger partial charge in [-0.25, -0.2) is 8.57 Å². The van der Waals surface area contributed by atoms with Gasteiger partial charge in [-0.15, -0.1) is 0 Å². The van der Waals surface area contributed by atoms with Crippen LogP contribution in [0.1, 0.15) is 18.5 Å². The molecule has 0 heterocycles. The summed E-state index contributed by atoms with van der Waals surface area (Å²) in [5.41, 5.74) is 1.92. The number of benzene rings is 3. The van der Waals surface area contributed by atoms with E-state index < -0.39 is 10.0 Å².